The number of nitrogens with zero attached hydrogens (tertiary/aromatic N) is 1. The monoisotopic (exact) mass is 396 g/mol. The molecule has 152 valence electrons. The molecule has 1 saturated heterocycles. The van der Waals surface area contributed by atoms with Crippen molar-refractivity contribution in [2.75, 3.05) is 0 Å². The number of carbonyl (C=O) groups is 4. The molecular weight excluding hydrogens is 372 g/mol. The molecule has 0 aliphatic carbocycles. The average molecular weight is 396 g/mol. The smallest absolute Gasteiger partial charge is 0.344 e. The molecule has 1 aliphatic rings. The maximum Gasteiger partial charge on any atom is 0.344 e. The molecule has 3 N–H and O–H groups in total. The zero-order valence-electron chi connectivity index (χ0n) is 16.9. The van der Waals surface area contributed by atoms with E-state index in [-0.39, 0.29) is 11.5 Å². The molecule has 29 heavy (non-hydrogen) atoms. The number of aryl methyl sites for hydroxylation is 2. The summed E-state index contributed by atoms with van der Waals surface area (Å²) in [6.45, 7) is 6.39. The van der Waals surface area contributed by atoms with E-state index in [0.717, 1.165) is 5.56 Å². The lowest BCUT2D eigenvalue weighted by Crippen LogP contribution is -2.49. The Morgan fingerprint density at radius 3 is 2.38 bits per heavy atom. The Kier molecular flexibility index (Phi) is 5.28. The number of hydrazine groups is 1. The number of ketones is 1. The Labute approximate surface area is 168 Å². The molecule has 0 spiro atoms. The van der Waals surface area contributed by atoms with Gasteiger partial charge in [-0.2, -0.15) is 5.01 Å². The van der Waals surface area contributed by atoms with E-state index in [1.807, 2.05) is 30.3 Å². The standard InChI is InChI=1S/C21H24N4O4/c1-12-16(14(3)26)13(2)22-17(12)18(27)24-25-19(28)21(4,23-20(25)29)11-10-15-8-6-5-7-9-15/h5-9,22H,10-11H2,1-4H3,(H,23,29)(H,24,27). The molecule has 8 nitrogen and oxygen atoms in total. The summed E-state index contributed by atoms with van der Waals surface area (Å²) in [6.07, 6.45) is 0.991. The van der Waals surface area contributed by atoms with Gasteiger partial charge in [-0.15, -0.1) is 0 Å². The Bertz CT molecular complexity index is 996. The van der Waals surface area contributed by atoms with E-state index < -0.39 is 23.4 Å². The first-order valence-electron chi connectivity index (χ1n) is 9.36. The van der Waals surface area contributed by atoms with Crippen LogP contribution in [0.15, 0.2) is 30.3 Å². The molecule has 0 bridgehead atoms. The summed E-state index contributed by atoms with van der Waals surface area (Å²) in [5.74, 6) is -1.35. The van der Waals surface area contributed by atoms with Crippen LogP contribution in [0.4, 0.5) is 4.79 Å². The minimum atomic E-state index is -1.12. The predicted molar refractivity (Wildman–Crippen MR) is 106 cm³/mol. The number of Topliss-reactive ketones (excluding diaryl/α,β-unsaturated/α-hetero) is 1. The molecule has 2 heterocycles. The van der Waals surface area contributed by atoms with Crippen molar-refractivity contribution < 1.29 is 19.2 Å². The molecule has 8 heteroatoms. The highest BCUT2D eigenvalue weighted by atomic mass is 16.2. The molecular formula is C21H24N4O4. The summed E-state index contributed by atoms with van der Waals surface area (Å²) in [5, 5.41) is 3.37. The number of urea groups is 1. The van der Waals surface area contributed by atoms with Gasteiger partial charge >= 0.3 is 6.03 Å². The van der Waals surface area contributed by atoms with Gasteiger partial charge in [-0.05, 0) is 51.7 Å². The molecule has 1 unspecified atom stereocenters. The van der Waals surface area contributed by atoms with Crippen molar-refractivity contribution in [3.05, 3.63) is 58.4 Å². The van der Waals surface area contributed by atoms with Crippen LogP contribution in [-0.2, 0) is 11.2 Å². The maximum atomic E-state index is 12.9. The molecule has 1 aliphatic heterocycles. The highest BCUT2D eigenvalue weighted by Gasteiger charge is 2.48. The van der Waals surface area contributed by atoms with Crippen molar-refractivity contribution in [1.82, 2.24) is 20.7 Å². The van der Waals surface area contributed by atoms with E-state index in [2.05, 4.69) is 15.7 Å². The summed E-state index contributed by atoms with van der Waals surface area (Å²) < 4.78 is 0. The van der Waals surface area contributed by atoms with Crippen LogP contribution >= 0.6 is 0 Å². The molecule has 1 atom stereocenters. The Balaban J connectivity index is 1.74. The van der Waals surface area contributed by atoms with Crippen LogP contribution in [0.1, 0.15) is 57.9 Å². The van der Waals surface area contributed by atoms with Crippen LogP contribution in [0.3, 0.4) is 0 Å². The number of carbonyl (C=O) groups excluding carboxylic acids is 4. The number of benzene rings is 1. The third kappa shape index (κ3) is 3.78. The first kappa shape index (κ1) is 20.3. The fourth-order valence-electron chi connectivity index (χ4n) is 3.66. The van der Waals surface area contributed by atoms with E-state index in [0.29, 0.717) is 34.7 Å². The number of imide groups is 1. The van der Waals surface area contributed by atoms with Crippen molar-refractivity contribution in [3.8, 4) is 0 Å². The lowest BCUT2D eigenvalue weighted by atomic mass is 9.93. The van der Waals surface area contributed by atoms with Gasteiger partial charge in [-0.25, -0.2) is 4.79 Å². The predicted octanol–water partition coefficient (Wildman–Crippen LogP) is 2.42. The van der Waals surface area contributed by atoms with Gasteiger partial charge in [0.05, 0.1) is 0 Å². The zero-order chi connectivity index (χ0) is 21.3. The van der Waals surface area contributed by atoms with Crippen LogP contribution < -0.4 is 10.7 Å². The summed E-state index contributed by atoms with van der Waals surface area (Å²) in [5.41, 5.74) is 3.90. The van der Waals surface area contributed by atoms with Crippen LogP contribution in [0.5, 0.6) is 0 Å². The van der Waals surface area contributed by atoms with Crippen molar-refractivity contribution in [2.45, 2.75) is 46.1 Å². The molecule has 4 amide bonds. The van der Waals surface area contributed by atoms with Gasteiger partial charge in [0.2, 0.25) is 0 Å². The number of hydrogen-bond donors (Lipinski definition) is 3. The summed E-state index contributed by atoms with van der Waals surface area (Å²) in [7, 11) is 0. The number of aromatic nitrogens is 1. The molecule has 1 fully saturated rings. The topological polar surface area (TPSA) is 111 Å². The first-order valence-corrected chi connectivity index (χ1v) is 9.36. The van der Waals surface area contributed by atoms with Gasteiger partial charge in [-0.3, -0.25) is 19.8 Å². The van der Waals surface area contributed by atoms with Crippen molar-refractivity contribution in [2.24, 2.45) is 0 Å². The van der Waals surface area contributed by atoms with Crippen molar-refractivity contribution >= 4 is 23.6 Å². The van der Waals surface area contributed by atoms with Gasteiger partial charge in [0, 0.05) is 11.3 Å². The third-order valence-corrected chi connectivity index (χ3v) is 5.25. The SMILES string of the molecule is CC(=O)c1c(C)[nH]c(C(=O)NN2C(=O)NC(C)(CCc3ccccc3)C2=O)c1C. The average Bonchev–Trinajstić information content (AvgIpc) is 3.08. The summed E-state index contributed by atoms with van der Waals surface area (Å²) in [6, 6.07) is 8.95. The molecule has 1 aromatic heterocycles. The highest BCUT2D eigenvalue weighted by Crippen LogP contribution is 2.23. The quantitative estimate of drug-likeness (QED) is 0.514. The van der Waals surface area contributed by atoms with E-state index in [4.69, 9.17) is 0 Å². The number of rotatable bonds is 6. The number of H-pyrrole nitrogens is 1. The normalized spacial score (nSPS) is 18.7. The Morgan fingerprint density at radius 2 is 1.79 bits per heavy atom. The number of aromatic amines is 1. The fourth-order valence-corrected chi connectivity index (χ4v) is 3.66. The van der Waals surface area contributed by atoms with Crippen molar-refractivity contribution in [1.29, 1.82) is 0 Å². The van der Waals surface area contributed by atoms with Gasteiger partial charge < -0.3 is 10.3 Å². The second kappa shape index (κ2) is 7.54. The van der Waals surface area contributed by atoms with Crippen LogP contribution in [0.2, 0.25) is 0 Å². The minimum absolute atomic E-state index is 0.145. The largest absolute Gasteiger partial charge is 0.354 e. The van der Waals surface area contributed by atoms with E-state index in [1.165, 1.54) is 6.92 Å². The summed E-state index contributed by atoms with van der Waals surface area (Å²) in [4.78, 5) is 52.5. The van der Waals surface area contributed by atoms with Crippen LogP contribution in [-0.4, -0.2) is 39.2 Å². The highest BCUT2D eigenvalue weighted by molar-refractivity contribution is 6.09. The van der Waals surface area contributed by atoms with Gasteiger partial charge in [0.15, 0.2) is 5.78 Å². The van der Waals surface area contributed by atoms with Gasteiger partial charge in [0.25, 0.3) is 11.8 Å². The molecule has 2 aromatic rings. The van der Waals surface area contributed by atoms with E-state index >= 15 is 0 Å². The number of amides is 4. The fraction of sp³-hybridized carbons (Fsp3) is 0.333. The van der Waals surface area contributed by atoms with Gasteiger partial charge in [-0.1, -0.05) is 30.3 Å². The molecule has 3 rings (SSSR count). The van der Waals surface area contributed by atoms with Crippen LogP contribution in [0.25, 0.3) is 0 Å². The Morgan fingerprint density at radius 1 is 1.14 bits per heavy atom. The third-order valence-electron chi connectivity index (χ3n) is 5.25. The second-order valence-corrected chi connectivity index (χ2v) is 7.51. The van der Waals surface area contributed by atoms with Gasteiger partial charge in [0.1, 0.15) is 11.2 Å². The molecule has 0 saturated carbocycles. The number of hydrogen-bond acceptors (Lipinski definition) is 4. The first-order chi connectivity index (χ1) is 13.6. The van der Waals surface area contributed by atoms with Crippen LogP contribution in [0, 0.1) is 13.8 Å². The lowest BCUT2D eigenvalue weighted by Gasteiger charge is -2.21. The van der Waals surface area contributed by atoms with E-state index in [9.17, 15) is 19.2 Å². The van der Waals surface area contributed by atoms with Crippen molar-refractivity contribution in [3.63, 3.8) is 0 Å². The summed E-state index contributed by atoms with van der Waals surface area (Å²) >= 11 is 0. The molecule has 1 aromatic carbocycles. The second-order valence-electron chi connectivity index (χ2n) is 7.51. The molecule has 0 radical (unpaired) electrons. The number of nitrogens with one attached hydrogen (secondary N) is 3. The Hall–Kier alpha value is -3.42. The zero-order valence-corrected chi connectivity index (χ0v) is 16.9. The van der Waals surface area contributed by atoms with E-state index in [1.54, 1.807) is 20.8 Å². The lowest BCUT2D eigenvalue weighted by molar-refractivity contribution is -0.132. The minimum Gasteiger partial charge on any atom is -0.354 e. The maximum absolute atomic E-state index is 12.9.